The Morgan fingerprint density at radius 3 is 1.72 bits per heavy atom. The van der Waals surface area contributed by atoms with Gasteiger partial charge in [-0.1, -0.05) is 77.6 Å². The first-order valence-electron chi connectivity index (χ1n) is 10.00. The first-order chi connectivity index (χ1) is 11.8. The van der Waals surface area contributed by atoms with Crippen LogP contribution in [-0.2, 0) is 19.4 Å². The van der Waals surface area contributed by atoms with Gasteiger partial charge in [0.1, 0.15) is 5.78 Å². The summed E-state index contributed by atoms with van der Waals surface area (Å²) in [5.41, 5.74) is 0. The summed E-state index contributed by atoms with van der Waals surface area (Å²) >= 11 is 0. The molecule has 25 heavy (non-hydrogen) atoms. The van der Waals surface area contributed by atoms with Crippen LogP contribution in [-0.4, -0.2) is 24.9 Å². The summed E-state index contributed by atoms with van der Waals surface area (Å²) in [6, 6.07) is 0. The highest BCUT2D eigenvalue weighted by Gasteiger charge is 2.16. The standard InChI is InChI=1S/C19H38O5S/c1-3-4-5-6-7-10-13-16-19(24-25(21,22)23)17-14-11-8-9-12-15-18(2)20/h19H,3-17H2,1-2H3,(H,21,22,23). The second-order valence-electron chi connectivity index (χ2n) is 7.06. The summed E-state index contributed by atoms with van der Waals surface area (Å²) in [5.74, 6) is 0.233. The van der Waals surface area contributed by atoms with Gasteiger partial charge in [-0.05, 0) is 26.2 Å². The summed E-state index contributed by atoms with van der Waals surface area (Å²) in [5, 5.41) is 0. The Bertz CT molecular complexity index is 420. The van der Waals surface area contributed by atoms with Crippen molar-refractivity contribution in [2.75, 3.05) is 0 Å². The van der Waals surface area contributed by atoms with Gasteiger partial charge in [0.05, 0.1) is 6.10 Å². The number of carbonyl (C=O) groups excluding carboxylic acids is 1. The van der Waals surface area contributed by atoms with Crippen molar-refractivity contribution in [1.82, 2.24) is 0 Å². The van der Waals surface area contributed by atoms with Crippen LogP contribution in [0.3, 0.4) is 0 Å². The molecule has 0 bridgehead atoms. The number of Topliss-reactive ketones (excluding diaryl/α,β-unsaturated/α-hetero) is 1. The van der Waals surface area contributed by atoms with Crippen LogP contribution in [0.5, 0.6) is 0 Å². The summed E-state index contributed by atoms with van der Waals surface area (Å²) in [7, 11) is -4.38. The number of rotatable bonds is 18. The maximum Gasteiger partial charge on any atom is 0.397 e. The van der Waals surface area contributed by atoms with Gasteiger partial charge >= 0.3 is 10.4 Å². The largest absolute Gasteiger partial charge is 0.397 e. The fourth-order valence-corrected chi connectivity index (χ4v) is 3.55. The maximum atomic E-state index is 11.0. The number of unbranched alkanes of at least 4 members (excludes halogenated alkanes) is 10. The van der Waals surface area contributed by atoms with E-state index in [2.05, 4.69) is 6.92 Å². The van der Waals surface area contributed by atoms with E-state index in [1.165, 1.54) is 32.1 Å². The predicted octanol–water partition coefficient (Wildman–Crippen LogP) is 5.63. The molecule has 6 heteroatoms. The van der Waals surface area contributed by atoms with Crippen LogP contribution in [0.2, 0.25) is 0 Å². The van der Waals surface area contributed by atoms with Gasteiger partial charge in [0.25, 0.3) is 0 Å². The molecule has 0 saturated heterocycles. The molecule has 0 aromatic carbocycles. The van der Waals surface area contributed by atoms with Gasteiger partial charge < -0.3 is 4.79 Å². The van der Waals surface area contributed by atoms with Crippen LogP contribution in [0.15, 0.2) is 0 Å². The molecular formula is C19H38O5S. The Morgan fingerprint density at radius 1 is 0.840 bits per heavy atom. The lowest BCUT2D eigenvalue weighted by Crippen LogP contribution is -2.18. The molecule has 0 aromatic rings. The molecular weight excluding hydrogens is 340 g/mol. The number of hydrogen-bond donors (Lipinski definition) is 1. The van der Waals surface area contributed by atoms with Gasteiger partial charge in [0.15, 0.2) is 0 Å². The molecule has 150 valence electrons. The Kier molecular flexibility index (Phi) is 15.5. The quantitative estimate of drug-likeness (QED) is 0.247. The predicted molar refractivity (Wildman–Crippen MR) is 102 cm³/mol. The Hall–Kier alpha value is -0.460. The molecule has 1 atom stereocenters. The molecule has 0 rings (SSSR count). The highest BCUT2D eigenvalue weighted by atomic mass is 32.3. The van der Waals surface area contributed by atoms with E-state index in [4.69, 9.17) is 8.74 Å². The molecule has 0 amide bonds. The molecule has 5 nitrogen and oxygen atoms in total. The second-order valence-corrected chi connectivity index (χ2v) is 8.11. The van der Waals surface area contributed by atoms with Gasteiger partial charge in [0.2, 0.25) is 0 Å². The van der Waals surface area contributed by atoms with Crippen molar-refractivity contribution in [1.29, 1.82) is 0 Å². The zero-order chi connectivity index (χ0) is 19.0. The average molecular weight is 379 g/mol. The summed E-state index contributed by atoms with van der Waals surface area (Å²) in [6.07, 6.45) is 14.7. The van der Waals surface area contributed by atoms with E-state index in [9.17, 15) is 13.2 Å². The smallest absolute Gasteiger partial charge is 0.300 e. The second kappa shape index (κ2) is 15.8. The summed E-state index contributed by atoms with van der Waals surface area (Å²) < 4.78 is 35.7. The molecule has 0 aliphatic heterocycles. The normalized spacial score (nSPS) is 13.1. The van der Waals surface area contributed by atoms with Gasteiger partial charge in [0, 0.05) is 6.42 Å². The minimum Gasteiger partial charge on any atom is -0.300 e. The molecule has 0 aromatic heterocycles. The van der Waals surface area contributed by atoms with Crippen LogP contribution < -0.4 is 0 Å². The third kappa shape index (κ3) is 19.7. The van der Waals surface area contributed by atoms with Gasteiger partial charge in [-0.15, -0.1) is 0 Å². The molecule has 0 saturated carbocycles. The van der Waals surface area contributed by atoms with E-state index in [0.717, 1.165) is 44.9 Å². The SMILES string of the molecule is CCCCCCCCCC(CCCCCCCC(C)=O)OS(=O)(=O)O. The highest BCUT2D eigenvalue weighted by molar-refractivity contribution is 7.80. The maximum absolute atomic E-state index is 11.0. The minimum atomic E-state index is -4.38. The van der Waals surface area contributed by atoms with Crippen molar-refractivity contribution in [3.8, 4) is 0 Å². The van der Waals surface area contributed by atoms with Gasteiger partial charge in [-0.2, -0.15) is 8.42 Å². The molecule has 0 fully saturated rings. The number of carbonyl (C=O) groups is 1. The van der Waals surface area contributed by atoms with E-state index >= 15 is 0 Å². The first kappa shape index (κ1) is 24.5. The van der Waals surface area contributed by atoms with Crippen molar-refractivity contribution in [3.05, 3.63) is 0 Å². The molecule has 0 spiro atoms. The van der Waals surface area contributed by atoms with Crippen molar-refractivity contribution < 1.29 is 21.9 Å². The fraction of sp³-hybridized carbons (Fsp3) is 0.947. The van der Waals surface area contributed by atoms with E-state index < -0.39 is 16.5 Å². The molecule has 0 aliphatic rings. The van der Waals surface area contributed by atoms with Crippen molar-refractivity contribution in [2.24, 2.45) is 0 Å². The molecule has 0 heterocycles. The van der Waals surface area contributed by atoms with Crippen molar-refractivity contribution in [2.45, 2.75) is 116 Å². The van der Waals surface area contributed by atoms with Crippen LogP contribution in [0.25, 0.3) is 0 Å². The zero-order valence-electron chi connectivity index (χ0n) is 16.2. The average Bonchev–Trinajstić information content (AvgIpc) is 2.51. The molecule has 1 unspecified atom stereocenters. The zero-order valence-corrected chi connectivity index (χ0v) is 17.0. The Labute approximate surface area is 154 Å². The van der Waals surface area contributed by atoms with Gasteiger partial charge in [-0.3, -0.25) is 4.55 Å². The molecule has 1 N–H and O–H groups in total. The first-order valence-corrected chi connectivity index (χ1v) is 11.4. The minimum absolute atomic E-state index is 0.233. The van der Waals surface area contributed by atoms with Crippen molar-refractivity contribution in [3.63, 3.8) is 0 Å². The monoisotopic (exact) mass is 378 g/mol. The third-order valence-electron chi connectivity index (χ3n) is 4.44. The fourth-order valence-electron chi connectivity index (χ4n) is 3.02. The van der Waals surface area contributed by atoms with E-state index in [1.54, 1.807) is 6.92 Å². The van der Waals surface area contributed by atoms with E-state index in [-0.39, 0.29) is 5.78 Å². The lowest BCUT2D eigenvalue weighted by Gasteiger charge is -2.15. The van der Waals surface area contributed by atoms with Crippen molar-refractivity contribution >= 4 is 16.2 Å². The topological polar surface area (TPSA) is 80.7 Å². The molecule has 0 radical (unpaired) electrons. The van der Waals surface area contributed by atoms with Crippen LogP contribution in [0.1, 0.15) is 110 Å². The number of hydrogen-bond acceptors (Lipinski definition) is 4. The lowest BCUT2D eigenvalue weighted by molar-refractivity contribution is -0.117. The molecule has 0 aliphatic carbocycles. The summed E-state index contributed by atoms with van der Waals surface area (Å²) in [6.45, 7) is 3.81. The number of ketones is 1. The van der Waals surface area contributed by atoms with Crippen LogP contribution >= 0.6 is 0 Å². The lowest BCUT2D eigenvalue weighted by atomic mass is 10.0. The Morgan fingerprint density at radius 2 is 1.28 bits per heavy atom. The van der Waals surface area contributed by atoms with E-state index in [0.29, 0.717) is 19.3 Å². The van der Waals surface area contributed by atoms with Gasteiger partial charge in [-0.25, -0.2) is 4.18 Å². The van der Waals surface area contributed by atoms with E-state index in [1.807, 2.05) is 0 Å². The van der Waals surface area contributed by atoms with Crippen LogP contribution in [0, 0.1) is 0 Å². The highest BCUT2D eigenvalue weighted by Crippen LogP contribution is 2.18. The third-order valence-corrected chi connectivity index (χ3v) is 4.96. The Balaban J connectivity index is 3.84. The summed E-state index contributed by atoms with van der Waals surface area (Å²) in [4.78, 5) is 10.9. The van der Waals surface area contributed by atoms with Crippen LogP contribution in [0.4, 0.5) is 0 Å².